The Morgan fingerprint density at radius 2 is 1.69 bits per heavy atom. The van der Waals surface area contributed by atoms with Crippen molar-refractivity contribution in [3.8, 4) is 17.5 Å². The molecule has 0 aliphatic heterocycles. The molecule has 1 N–H and O–H groups in total. The lowest BCUT2D eigenvalue weighted by Crippen LogP contribution is -2.34. The van der Waals surface area contributed by atoms with E-state index in [2.05, 4.69) is 5.32 Å². The van der Waals surface area contributed by atoms with E-state index in [1.165, 1.54) is 4.57 Å². The number of nitrogens with one attached hydrogen (secondary N) is 1. The molecule has 4 aromatic rings. The van der Waals surface area contributed by atoms with Gasteiger partial charge in [-0.05, 0) is 43.7 Å². The number of carbonyl (C=O) groups excluding carboxylic acids is 1. The Kier molecular flexibility index (Phi) is 7.79. The van der Waals surface area contributed by atoms with Gasteiger partial charge in [-0.15, -0.1) is 11.3 Å². The molecule has 0 bridgehead atoms. The summed E-state index contributed by atoms with van der Waals surface area (Å²) in [5.41, 5.74) is 1.79. The second-order valence-corrected chi connectivity index (χ2v) is 8.99. The van der Waals surface area contributed by atoms with Crippen molar-refractivity contribution in [2.24, 2.45) is 0 Å². The molecule has 0 aliphatic carbocycles. The van der Waals surface area contributed by atoms with E-state index < -0.39 is 5.91 Å². The average Bonchev–Trinajstić information content (AvgIpc) is 3.22. The van der Waals surface area contributed by atoms with E-state index in [9.17, 15) is 14.9 Å². The minimum atomic E-state index is -0.541. The van der Waals surface area contributed by atoms with Crippen molar-refractivity contribution in [2.75, 3.05) is 6.61 Å². The highest BCUT2D eigenvalue weighted by Gasteiger charge is 2.19. The lowest BCUT2D eigenvalue weighted by atomic mass is 10.1. The van der Waals surface area contributed by atoms with Crippen LogP contribution in [0.3, 0.4) is 0 Å². The van der Waals surface area contributed by atoms with Crippen LogP contribution in [0.25, 0.3) is 17.3 Å². The molecule has 0 saturated heterocycles. The molecule has 0 aliphatic rings. The fraction of sp³-hybridized carbons (Fsp3) is 0.138. The Morgan fingerprint density at radius 1 is 1.06 bits per heavy atom. The molecule has 7 heteroatoms. The molecule has 0 radical (unpaired) electrons. The first-order valence-corrected chi connectivity index (χ1v) is 12.4. The number of hydrogen-bond donors (Lipinski definition) is 1. The maximum atomic E-state index is 13.6. The van der Waals surface area contributed by atoms with Crippen LogP contribution >= 0.6 is 11.3 Å². The van der Waals surface area contributed by atoms with Crippen LogP contribution in [-0.4, -0.2) is 17.1 Å². The molecule has 0 saturated carbocycles. The number of hydrogen-bond acceptors (Lipinski definition) is 5. The first-order valence-electron chi connectivity index (χ1n) is 11.5. The van der Waals surface area contributed by atoms with Crippen molar-refractivity contribution in [2.45, 2.75) is 19.9 Å². The lowest BCUT2D eigenvalue weighted by molar-refractivity contribution is -0.116. The number of rotatable bonds is 7. The molecule has 3 aromatic carbocycles. The zero-order valence-electron chi connectivity index (χ0n) is 20.0. The summed E-state index contributed by atoms with van der Waals surface area (Å²) >= 11 is 1.11. The van der Waals surface area contributed by atoms with Crippen LogP contribution in [0.4, 0.5) is 0 Å². The first-order chi connectivity index (χ1) is 17.5. The average molecular weight is 496 g/mol. The van der Waals surface area contributed by atoms with E-state index in [4.69, 9.17) is 4.74 Å². The van der Waals surface area contributed by atoms with Gasteiger partial charge in [0, 0.05) is 5.56 Å². The molecular formula is C29H25N3O3S. The number of aromatic nitrogens is 1. The standard InChI is InChI=1S/C29H25N3O3S/c1-3-35-25-17-11-10-14-22(25)18-26-28(34)32(23-15-8-5-9-16-23)29(36-26)24(19-30)27(33)31-20(2)21-12-6-4-7-13-21/h4-18,20H,3H2,1-2H3,(H,31,33)/b26-18+,29-24-/t20-/m0/s1. The summed E-state index contributed by atoms with van der Waals surface area (Å²) in [5, 5.41) is 12.9. The Labute approximate surface area is 213 Å². The number of thiazole rings is 1. The highest BCUT2D eigenvalue weighted by Crippen LogP contribution is 2.18. The normalized spacial score (nSPS) is 13.0. The molecule has 180 valence electrons. The number of benzene rings is 3. The summed E-state index contributed by atoms with van der Waals surface area (Å²) in [7, 11) is 0. The van der Waals surface area contributed by atoms with Crippen LogP contribution in [0.2, 0.25) is 0 Å². The Balaban J connectivity index is 1.91. The highest BCUT2D eigenvalue weighted by atomic mass is 32.1. The predicted octanol–water partition coefficient (Wildman–Crippen LogP) is 3.68. The summed E-state index contributed by atoms with van der Waals surface area (Å²) in [6.45, 7) is 4.23. The van der Waals surface area contributed by atoms with Crippen molar-refractivity contribution >= 4 is 28.9 Å². The third kappa shape index (κ3) is 5.29. The van der Waals surface area contributed by atoms with Crippen LogP contribution in [-0.2, 0) is 4.79 Å². The second-order valence-electron chi connectivity index (χ2n) is 7.96. The topological polar surface area (TPSA) is 84.1 Å². The summed E-state index contributed by atoms with van der Waals surface area (Å²) in [5.74, 6) is 0.112. The van der Waals surface area contributed by atoms with Gasteiger partial charge in [0.15, 0.2) is 5.57 Å². The first kappa shape index (κ1) is 24.7. The van der Waals surface area contributed by atoms with Crippen LogP contribution in [0.5, 0.6) is 5.75 Å². The maximum Gasteiger partial charge on any atom is 0.273 e. The van der Waals surface area contributed by atoms with Crippen molar-refractivity contribution in [1.82, 2.24) is 9.88 Å². The summed E-state index contributed by atoms with van der Waals surface area (Å²) in [4.78, 5) is 26.8. The van der Waals surface area contributed by atoms with E-state index in [1.807, 2.05) is 80.6 Å². The zero-order chi connectivity index (χ0) is 25.5. The van der Waals surface area contributed by atoms with Gasteiger partial charge in [0.1, 0.15) is 16.5 Å². The van der Waals surface area contributed by atoms with Crippen LogP contribution in [0.1, 0.15) is 31.0 Å². The minimum Gasteiger partial charge on any atom is -0.493 e. The molecule has 1 atom stereocenters. The van der Waals surface area contributed by atoms with Crippen molar-refractivity contribution in [3.63, 3.8) is 0 Å². The lowest BCUT2D eigenvalue weighted by Gasteiger charge is -2.13. The molecule has 0 unspecified atom stereocenters. The predicted molar refractivity (Wildman–Crippen MR) is 142 cm³/mol. The van der Waals surface area contributed by atoms with Gasteiger partial charge in [0.05, 0.1) is 22.9 Å². The van der Waals surface area contributed by atoms with Crippen molar-refractivity contribution in [3.05, 3.63) is 116 Å². The zero-order valence-corrected chi connectivity index (χ0v) is 20.8. The molecule has 1 heterocycles. The maximum absolute atomic E-state index is 13.6. The monoisotopic (exact) mass is 495 g/mol. The van der Waals surface area contributed by atoms with E-state index >= 15 is 0 Å². The van der Waals surface area contributed by atoms with Gasteiger partial charge >= 0.3 is 0 Å². The fourth-order valence-corrected chi connectivity index (χ4v) is 4.87. The highest BCUT2D eigenvalue weighted by molar-refractivity contribution is 7.07. The van der Waals surface area contributed by atoms with Gasteiger partial charge in [-0.1, -0.05) is 66.7 Å². The van der Waals surface area contributed by atoms with E-state index in [1.54, 1.807) is 30.3 Å². The van der Waals surface area contributed by atoms with Gasteiger partial charge in [0.25, 0.3) is 11.5 Å². The fourth-order valence-electron chi connectivity index (χ4n) is 3.78. The van der Waals surface area contributed by atoms with E-state index in [-0.39, 0.29) is 21.8 Å². The molecule has 1 aromatic heterocycles. The van der Waals surface area contributed by atoms with Gasteiger partial charge in [-0.2, -0.15) is 5.26 Å². The largest absolute Gasteiger partial charge is 0.493 e. The number of nitrogens with zero attached hydrogens (tertiary/aromatic N) is 2. The van der Waals surface area contributed by atoms with E-state index in [0.29, 0.717) is 22.6 Å². The van der Waals surface area contributed by atoms with Gasteiger partial charge in [-0.25, -0.2) is 0 Å². The molecule has 1 amide bonds. The third-order valence-electron chi connectivity index (χ3n) is 5.54. The molecular weight excluding hydrogens is 470 g/mol. The Bertz CT molecular complexity index is 1580. The molecule has 6 nitrogen and oxygen atoms in total. The quantitative estimate of drug-likeness (QED) is 0.424. The minimum absolute atomic E-state index is 0.124. The van der Waals surface area contributed by atoms with E-state index in [0.717, 1.165) is 22.5 Å². The number of nitriles is 1. The molecule has 0 spiro atoms. The Hall–Kier alpha value is -4.41. The van der Waals surface area contributed by atoms with Crippen molar-refractivity contribution < 1.29 is 9.53 Å². The molecule has 36 heavy (non-hydrogen) atoms. The van der Waals surface area contributed by atoms with Crippen LogP contribution < -0.4 is 24.8 Å². The van der Waals surface area contributed by atoms with Crippen LogP contribution in [0.15, 0.2) is 89.7 Å². The second kappa shape index (κ2) is 11.3. The number of carbonyl (C=O) groups is 1. The van der Waals surface area contributed by atoms with Crippen LogP contribution in [0, 0.1) is 11.3 Å². The molecule has 4 rings (SSSR count). The summed E-state index contributed by atoms with van der Waals surface area (Å²) in [6.07, 6.45) is 1.74. The summed E-state index contributed by atoms with van der Waals surface area (Å²) < 4.78 is 7.78. The number of ether oxygens (including phenoxy) is 1. The number of para-hydroxylation sites is 2. The third-order valence-corrected chi connectivity index (χ3v) is 6.64. The smallest absolute Gasteiger partial charge is 0.273 e. The summed E-state index contributed by atoms with van der Waals surface area (Å²) in [6, 6.07) is 27.6. The van der Waals surface area contributed by atoms with Gasteiger partial charge in [0.2, 0.25) is 0 Å². The molecule has 0 fully saturated rings. The SMILES string of the molecule is CCOc1ccccc1/C=c1/s/c(=C(/C#N)C(=O)N[C@@H](C)c2ccccc2)n(-c2ccccc2)c1=O. The van der Waals surface area contributed by atoms with Gasteiger partial charge < -0.3 is 10.1 Å². The van der Waals surface area contributed by atoms with Gasteiger partial charge in [-0.3, -0.25) is 14.2 Å². The Morgan fingerprint density at radius 3 is 2.36 bits per heavy atom. The number of amides is 1. The van der Waals surface area contributed by atoms with Crippen molar-refractivity contribution in [1.29, 1.82) is 5.26 Å².